The normalized spacial score (nSPS) is 12.6. The van der Waals surface area contributed by atoms with Crippen LogP contribution in [-0.4, -0.2) is 40.7 Å². The van der Waals surface area contributed by atoms with E-state index in [9.17, 15) is 8.42 Å². The Kier molecular flexibility index (Phi) is 5.19. The Bertz CT molecular complexity index is 496. The van der Waals surface area contributed by atoms with Crippen LogP contribution >= 0.6 is 11.6 Å². The van der Waals surface area contributed by atoms with Gasteiger partial charge in [-0.25, -0.2) is 13.4 Å². The molecule has 0 aliphatic carbocycles. The molecule has 7 heteroatoms. The maximum atomic E-state index is 12.4. The minimum absolute atomic E-state index is 0.0978. The van der Waals surface area contributed by atoms with Crippen molar-refractivity contribution in [3.8, 4) is 0 Å². The van der Waals surface area contributed by atoms with Crippen molar-refractivity contribution >= 4 is 21.6 Å². The van der Waals surface area contributed by atoms with Crippen molar-refractivity contribution < 1.29 is 8.42 Å². The molecule has 0 aliphatic rings. The molecule has 0 amide bonds. The van der Waals surface area contributed by atoms with E-state index < -0.39 is 10.0 Å². The zero-order chi connectivity index (χ0) is 13.9. The number of aryl methyl sites for hydroxylation is 2. The van der Waals surface area contributed by atoms with Gasteiger partial charge in [0.05, 0.1) is 0 Å². The van der Waals surface area contributed by atoms with Gasteiger partial charge in [0, 0.05) is 31.2 Å². The van der Waals surface area contributed by atoms with Gasteiger partial charge in [0.15, 0.2) is 5.03 Å². The van der Waals surface area contributed by atoms with Crippen LogP contribution in [0.5, 0.6) is 0 Å². The van der Waals surface area contributed by atoms with Gasteiger partial charge >= 0.3 is 0 Å². The van der Waals surface area contributed by atoms with Crippen molar-refractivity contribution in [2.45, 2.75) is 45.3 Å². The first-order valence-electron chi connectivity index (χ1n) is 5.96. The summed E-state index contributed by atoms with van der Waals surface area (Å²) in [6.07, 6.45) is 1.58. The van der Waals surface area contributed by atoms with Crippen LogP contribution in [-0.2, 0) is 16.6 Å². The third kappa shape index (κ3) is 3.05. The van der Waals surface area contributed by atoms with Crippen LogP contribution in [0.1, 0.15) is 26.6 Å². The van der Waals surface area contributed by atoms with Crippen LogP contribution in [0, 0.1) is 6.92 Å². The van der Waals surface area contributed by atoms with Gasteiger partial charge in [-0.3, -0.25) is 0 Å². The van der Waals surface area contributed by atoms with Gasteiger partial charge in [0.2, 0.25) is 0 Å². The molecular formula is C11H20ClN3O2S. The molecule has 0 saturated heterocycles. The van der Waals surface area contributed by atoms with Gasteiger partial charge in [-0.1, -0.05) is 0 Å². The molecule has 0 fully saturated rings. The van der Waals surface area contributed by atoms with E-state index in [0.29, 0.717) is 18.9 Å². The zero-order valence-corrected chi connectivity index (χ0v) is 12.8. The highest BCUT2D eigenvalue weighted by atomic mass is 35.5. The first-order valence-corrected chi connectivity index (χ1v) is 7.93. The molecule has 1 aromatic heterocycles. The second-order valence-corrected chi connectivity index (χ2v) is 6.53. The number of alkyl halides is 1. The molecule has 0 aliphatic heterocycles. The van der Waals surface area contributed by atoms with E-state index in [1.165, 1.54) is 4.31 Å². The Balaban J connectivity index is 3.17. The molecular weight excluding hydrogens is 274 g/mol. The number of hydrogen-bond acceptors (Lipinski definition) is 3. The fraction of sp³-hybridized carbons (Fsp3) is 0.727. The minimum Gasteiger partial charge on any atom is -0.334 e. The molecule has 1 aromatic rings. The molecule has 0 N–H and O–H groups in total. The van der Waals surface area contributed by atoms with Gasteiger partial charge in [0.1, 0.15) is 5.82 Å². The minimum atomic E-state index is -3.56. The number of aromatic nitrogens is 2. The Morgan fingerprint density at radius 1 is 1.50 bits per heavy atom. The highest BCUT2D eigenvalue weighted by Crippen LogP contribution is 2.17. The topological polar surface area (TPSA) is 55.2 Å². The highest BCUT2D eigenvalue weighted by molar-refractivity contribution is 7.89. The van der Waals surface area contributed by atoms with Gasteiger partial charge in [-0.2, -0.15) is 4.31 Å². The largest absolute Gasteiger partial charge is 0.334 e. The third-order valence-electron chi connectivity index (χ3n) is 2.75. The predicted octanol–water partition coefficient (Wildman–Crippen LogP) is 1.85. The van der Waals surface area contributed by atoms with E-state index in [-0.39, 0.29) is 16.9 Å². The Morgan fingerprint density at radius 2 is 2.11 bits per heavy atom. The average Bonchev–Trinajstić information content (AvgIpc) is 2.67. The third-order valence-corrected chi connectivity index (χ3v) is 4.86. The molecule has 0 atom stereocenters. The zero-order valence-electron chi connectivity index (χ0n) is 11.2. The Morgan fingerprint density at radius 3 is 2.50 bits per heavy atom. The molecule has 1 rings (SSSR count). The molecule has 0 radical (unpaired) electrons. The average molecular weight is 294 g/mol. The number of imidazole rings is 1. The van der Waals surface area contributed by atoms with Crippen LogP contribution < -0.4 is 0 Å². The Labute approximate surface area is 114 Å². The van der Waals surface area contributed by atoms with E-state index >= 15 is 0 Å². The van der Waals surface area contributed by atoms with Gasteiger partial charge in [-0.15, -0.1) is 11.6 Å². The van der Waals surface area contributed by atoms with Crippen LogP contribution in [0.3, 0.4) is 0 Å². The van der Waals surface area contributed by atoms with Crippen molar-refractivity contribution in [1.82, 2.24) is 13.9 Å². The lowest BCUT2D eigenvalue weighted by molar-refractivity contribution is 0.369. The maximum Gasteiger partial charge on any atom is 0.262 e. The molecule has 5 nitrogen and oxygen atoms in total. The van der Waals surface area contributed by atoms with E-state index in [2.05, 4.69) is 4.98 Å². The smallest absolute Gasteiger partial charge is 0.262 e. The number of halogens is 1. The van der Waals surface area contributed by atoms with E-state index in [4.69, 9.17) is 11.6 Å². The number of hydrogen-bond donors (Lipinski definition) is 0. The van der Waals surface area contributed by atoms with Gasteiger partial charge in [-0.05, 0) is 27.7 Å². The molecule has 1 heterocycles. The summed E-state index contributed by atoms with van der Waals surface area (Å²) in [6.45, 7) is 8.39. The van der Waals surface area contributed by atoms with Crippen LogP contribution in [0.25, 0.3) is 0 Å². The molecule has 0 unspecified atom stereocenters. The lowest BCUT2D eigenvalue weighted by Gasteiger charge is -2.23. The molecule has 0 bridgehead atoms. The lowest BCUT2D eigenvalue weighted by Crippen LogP contribution is -2.38. The number of nitrogens with zero attached hydrogens (tertiary/aromatic N) is 3. The summed E-state index contributed by atoms with van der Waals surface area (Å²) in [5.74, 6) is 0.968. The fourth-order valence-corrected chi connectivity index (χ4v) is 3.70. The monoisotopic (exact) mass is 293 g/mol. The SMILES string of the molecule is CCn1cc(S(=O)(=O)N(CCCl)C(C)C)nc1C. The van der Waals surface area contributed by atoms with Gasteiger partial charge < -0.3 is 4.57 Å². The maximum absolute atomic E-state index is 12.4. The second kappa shape index (κ2) is 6.04. The van der Waals surface area contributed by atoms with Crippen LogP contribution in [0.2, 0.25) is 0 Å². The number of rotatable bonds is 6. The van der Waals surface area contributed by atoms with E-state index in [0.717, 1.165) is 0 Å². The van der Waals surface area contributed by atoms with Crippen LogP contribution in [0.15, 0.2) is 11.2 Å². The molecule has 0 aromatic carbocycles. The van der Waals surface area contributed by atoms with E-state index in [1.54, 1.807) is 13.1 Å². The first-order chi connectivity index (χ1) is 8.34. The van der Waals surface area contributed by atoms with Crippen LogP contribution in [0.4, 0.5) is 0 Å². The van der Waals surface area contributed by atoms with Crippen molar-refractivity contribution in [3.63, 3.8) is 0 Å². The summed E-state index contributed by atoms with van der Waals surface area (Å²) in [5.41, 5.74) is 0. The first kappa shape index (κ1) is 15.5. The summed E-state index contributed by atoms with van der Waals surface area (Å²) >= 11 is 5.67. The van der Waals surface area contributed by atoms with Crippen molar-refractivity contribution in [2.75, 3.05) is 12.4 Å². The highest BCUT2D eigenvalue weighted by Gasteiger charge is 2.29. The molecule has 0 saturated carbocycles. The van der Waals surface area contributed by atoms with Crippen molar-refractivity contribution in [1.29, 1.82) is 0 Å². The summed E-state index contributed by atoms with van der Waals surface area (Å²) in [4.78, 5) is 4.13. The van der Waals surface area contributed by atoms with Gasteiger partial charge in [0.25, 0.3) is 10.0 Å². The molecule has 0 spiro atoms. The predicted molar refractivity (Wildman–Crippen MR) is 72.4 cm³/mol. The molecule has 18 heavy (non-hydrogen) atoms. The standard InChI is InChI=1S/C11H20ClN3O2S/c1-5-14-8-11(13-10(14)4)18(16,17)15(7-6-12)9(2)3/h8-9H,5-7H2,1-4H3. The van der Waals surface area contributed by atoms with E-state index in [1.807, 2.05) is 25.3 Å². The number of sulfonamides is 1. The summed E-state index contributed by atoms with van der Waals surface area (Å²) in [6, 6.07) is -0.138. The fourth-order valence-electron chi connectivity index (χ4n) is 1.78. The lowest BCUT2D eigenvalue weighted by atomic mass is 10.4. The Hall–Kier alpha value is -0.590. The summed E-state index contributed by atoms with van der Waals surface area (Å²) in [7, 11) is -3.56. The summed E-state index contributed by atoms with van der Waals surface area (Å²) < 4.78 is 28.1. The van der Waals surface area contributed by atoms with Crippen molar-refractivity contribution in [2.24, 2.45) is 0 Å². The van der Waals surface area contributed by atoms with Crippen molar-refractivity contribution in [3.05, 3.63) is 12.0 Å². The summed E-state index contributed by atoms with van der Waals surface area (Å²) in [5, 5.41) is 0.0978. The molecule has 104 valence electrons. The quantitative estimate of drug-likeness (QED) is 0.752. The second-order valence-electron chi connectivity index (χ2n) is 4.31.